The van der Waals surface area contributed by atoms with Gasteiger partial charge < -0.3 is 14.8 Å². The molecule has 0 saturated carbocycles. The molecule has 20 heavy (non-hydrogen) atoms. The van der Waals surface area contributed by atoms with Gasteiger partial charge in [0.15, 0.2) is 0 Å². The second-order valence-electron chi connectivity index (χ2n) is 6.53. The molecule has 1 fully saturated rings. The summed E-state index contributed by atoms with van der Waals surface area (Å²) in [6, 6.07) is 5.85. The molecule has 0 bridgehead atoms. The van der Waals surface area contributed by atoms with E-state index in [0.29, 0.717) is 5.02 Å². The van der Waals surface area contributed by atoms with Crippen LogP contribution >= 0.6 is 11.6 Å². The fourth-order valence-corrected chi connectivity index (χ4v) is 3.09. The number of hydrogen-bond acceptors (Lipinski definition) is 3. The quantitative estimate of drug-likeness (QED) is 0.917. The van der Waals surface area contributed by atoms with Gasteiger partial charge in [-0.25, -0.2) is 0 Å². The molecule has 0 aliphatic carbocycles. The molecule has 0 spiro atoms. The smallest absolute Gasteiger partial charge is 0.142 e. The lowest BCUT2D eigenvalue weighted by atomic mass is 9.97. The van der Waals surface area contributed by atoms with E-state index in [4.69, 9.17) is 21.1 Å². The SMILES string of the molecule is CNCc1cccc(Cl)c1OC1CC(C)(C)OC1(C)C. The van der Waals surface area contributed by atoms with Crippen molar-refractivity contribution in [2.24, 2.45) is 0 Å². The fraction of sp³-hybridized carbons (Fsp3) is 0.625. The van der Waals surface area contributed by atoms with Crippen LogP contribution in [0.1, 0.15) is 39.7 Å². The largest absolute Gasteiger partial charge is 0.485 e. The first kappa shape index (κ1) is 15.6. The lowest BCUT2D eigenvalue weighted by molar-refractivity contribution is -0.0846. The number of rotatable bonds is 4. The molecule has 1 atom stereocenters. The van der Waals surface area contributed by atoms with Crippen molar-refractivity contribution in [3.05, 3.63) is 28.8 Å². The second kappa shape index (κ2) is 5.55. The van der Waals surface area contributed by atoms with Crippen LogP contribution in [0.2, 0.25) is 5.02 Å². The van der Waals surface area contributed by atoms with Crippen molar-refractivity contribution >= 4 is 11.6 Å². The molecular weight excluding hydrogens is 274 g/mol. The maximum Gasteiger partial charge on any atom is 0.142 e. The Labute approximate surface area is 126 Å². The molecule has 1 aliphatic heterocycles. The summed E-state index contributed by atoms with van der Waals surface area (Å²) in [5.41, 5.74) is 0.582. The first-order valence-electron chi connectivity index (χ1n) is 7.04. The van der Waals surface area contributed by atoms with Crippen LogP contribution in [0.15, 0.2) is 18.2 Å². The van der Waals surface area contributed by atoms with Crippen LogP contribution < -0.4 is 10.1 Å². The van der Waals surface area contributed by atoms with Gasteiger partial charge in [0.05, 0.1) is 10.6 Å². The molecule has 1 aromatic carbocycles. The van der Waals surface area contributed by atoms with Crippen molar-refractivity contribution < 1.29 is 9.47 Å². The van der Waals surface area contributed by atoms with Crippen LogP contribution in [0.5, 0.6) is 5.75 Å². The van der Waals surface area contributed by atoms with E-state index in [1.165, 1.54) is 0 Å². The van der Waals surface area contributed by atoms with Gasteiger partial charge >= 0.3 is 0 Å². The Morgan fingerprint density at radius 1 is 1.35 bits per heavy atom. The zero-order valence-electron chi connectivity index (χ0n) is 12.9. The van der Waals surface area contributed by atoms with Gasteiger partial charge in [0.1, 0.15) is 17.5 Å². The second-order valence-corrected chi connectivity index (χ2v) is 6.94. The summed E-state index contributed by atoms with van der Waals surface area (Å²) in [6.07, 6.45) is 0.845. The van der Waals surface area contributed by atoms with E-state index < -0.39 is 0 Å². The highest BCUT2D eigenvalue weighted by Gasteiger charge is 2.47. The number of ether oxygens (including phenoxy) is 2. The first-order chi connectivity index (χ1) is 9.25. The van der Waals surface area contributed by atoms with Crippen molar-refractivity contribution in [1.82, 2.24) is 5.32 Å². The normalized spacial score (nSPS) is 23.8. The third kappa shape index (κ3) is 3.27. The highest BCUT2D eigenvalue weighted by molar-refractivity contribution is 6.32. The van der Waals surface area contributed by atoms with Gasteiger partial charge in [-0.1, -0.05) is 23.7 Å². The Morgan fingerprint density at radius 3 is 2.60 bits per heavy atom. The predicted molar refractivity (Wildman–Crippen MR) is 82.5 cm³/mol. The Hall–Kier alpha value is -0.770. The highest BCUT2D eigenvalue weighted by atomic mass is 35.5. The summed E-state index contributed by atoms with van der Waals surface area (Å²) >= 11 is 6.31. The zero-order chi connectivity index (χ0) is 15.0. The van der Waals surface area contributed by atoms with Crippen LogP contribution in [0.4, 0.5) is 0 Å². The van der Waals surface area contributed by atoms with Crippen LogP contribution in [-0.2, 0) is 11.3 Å². The monoisotopic (exact) mass is 297 g/mol. The molecule has 1 saturated heterocycles. The van der Waals surface area contributed by atoms with Crippen molar-refractivity contribution in [2.45, 2.75) is 58.0 Å². The molecular formula is C16H24ClNO2. The minimum atomic E-state index is -0.320. The van der Waals surface area contributed by atoms with Crippen molar-refractivity contribution in [2.75, 3.05) is 7.05 Å². The van der Waals surface area contributed by atoms with Gasteiger partial charge in [-0.05, 0) is 40.8 Å². The van der Waals surface area contributed by atoms with Crippen molar-refractivity contribution in [3.63, 3.8) is 0 Å². The molecule has 1 aliphatic rings. The molecule has 4 heteroatoms. The van der Waals surface area contributed by atoms with E-state index in [0.717, 1.165) is 24.3 Å². The molecule has 1 unspecified atom stereocenters. The molecule has 1 N–H and O–H groups in total. The fourth-order valence-electron chi connectivity index (χ4n) is 2.85. The summed E-state index contributed by atoms with van der Waals surface area (Å²) in [7, 11) is 1.91. The van der Waals surface area contributed by atoms with Crippen molar-refractivity contribution in [3.8, 4) is 5.75 Å². The molecule has 1 heterocycles. The minimum absolute atomic E-state index is 0.00648. The number of benzene rings is 1. The lowest BCUT2D eigenvalue weighted by Gasteiger charge is -2.28. The zero-order valence-corrected chi connectivity index (χ0v) is 13.7. The Kier molecular flexibility index (Phi) is 4.33. The summed E-state index contributed by atoms with van der Waals surface area (Å²) in [6.45, 7) is 9.06. The predicted octanol–water partition coefficient (Wildman–Crippen LogP) is 3.78. The average molecular weight is 298 g/mol. The Balaban J connectivity index is 2.26. The summed E-state index contributed by atoms with van der Waals surface area (Å²) in [5.74, 6) is 0.767. The van der Waals surface area contributed by atoms with E-state index in [9.17, 15) is 0 Å². The molecule has 0 amide bonds. The van der Waals surface area contributed by atoms with E-state index in [1.54, 1.807) is 0 Å². The van der Waals surface area contributed by atoms with Crippen LogP contribution in [0.3, 0.4) is 0 Å². The summed E-state index contributed by atoms with van der Waals surface area (Å²) in [5, 5.41) is 3.79. The average Bonchev–Trinajstić information content (AvgIpc) is 2.51. The standard InChI is InChI=1S/C16H24ClNO2/c1-15(2)9-13(16(3,4)20-15)19-14-11(10-18-5)7-6-8-12(14)17/h6-8,13,18H,9-10H2,1-5H3. The van der Waals surface area contributed by atoms with E-state index in [-0.39, 0.29) is 17.3 Å². The third-order valence-corrected chi connectivity index (χ3v) is 3.97. The minimum Gasteiger partial charge on any atom is -0.485 e. The van der Waals surface area contributed by atoms with Gasteiger partial charge in [-0.15, -0.1) is 0 Å². The highest BCUT2D eigenvalue weighted by Crippen LogP contribution is 2.41. The summed E-state index contributed by atoms with van der Waals surface area (Å²) in [4.78, 5) is 0. The van der Waals surface area contributed by atoms with Gasteiger partial charge in [0.2, 0.25) is 0 Å². The van der Waals surface area contributed by atoms with Crippen LogP contribution in [0.25, 0.3) is 0 Å². The van der Waals surface area contributed by atoms with E-state index in [1.807, 2.05) is 25.2 Å². The molecule has 0 aromatic heterocycles. The van der Waals surface area contributed by atoms with Crippen LogP contribution in [-0.4, -0.2) is 24.4 Å². The molecule has 2 rings (SSSR count). The number of halogens is 1. The van der Waals surface area contributed by atoms with Gasteiger partial charge in [-0.2, -0.15) is 0 Å². The third-order valence-electron chi connectivity index (χ3n) is 3.67. The van der Waals surface area contributed by atoms with Gasteiger partial charge in [0, 0.05) is 18.5 Å². The molecule has 0 radical (unpaired) electrons. The maximum atomic E-state index is 6.31. The van der Waals surface area contributed by atoms with Crippen molar-refractivity contribution in [1.29, 1.82) is 0 Å². The van der Waals surface area contributed by atoms with Gasteiger partial charge in [-0.3, -0.25) is 0 Å². The van der Waals surface area contributed by atoms with Crippen LogP contribution in [0, 0.1) is 0 Å². The number of hydrogen-bond donors (Lipinski definition) is 1. The topological polar surface area (TPSA) is 30.5 Å². The Morgan fingerprint density at radius 2 is 2.05 bits per heavy atom. The van der Waals surface area contributed by atoms with E-state index >= 15 is 0 Å². The molecule has 3 nitrogen and oxygen atoms in total. The Bertz CT molecular complexity index is 485. The molecule has 1 aromatic rings. The summed E-state index contributed by atoms with van der Waals surface area (Å²) < 4.78 is 12.3. The number of nitrogens with one attached hydrogen (secondary N) is 1. The van der Waals surface area contributed by atoms with Gasteiger partial charge in [0.25, 0.3) is 0 Å². The molecule has 112 valence electrons. The lowest BCUT2D eigenvalue weighted by Crippen LogP contribution is -2.37. The van der Waals surface area contributed by atoms with E-state index in [2.05, 4.69) is 33.0 Å². The first-order valence-corrected chi connectivity index (χ1v) is 7.42. The maximum absolute atomic E-state index is 6.31. The number of para-hydroxylation sites is 1.